The van der Waals surface area contributed by atoms with Crippen molar-refractivity contribution in [3.8, 4) is 11.3 Å². The van der Waals surface area contributed by atoms with Gasteiger partial charge in [0.15, 0.2) is 0 Å². The van der Waals surface area contributed by atoms with E-state index in [1.807, 2.05) is 4.90 Å². The van der Waals surface area contributed by atoms with Crippen molar-refractivity contribution in [3.05, 3.63) is 47.4 Å². The SMILES string of the molecule is CC1CC(CN)CN1C(=O)c1cc(-c2ccc(F)cc2)nc2onc(C3CC3)c12. The molecular weight excluding hydrogens is 371 g/mol. The number of hydrogen-bond donors (Lipinski definition) is 1. The summed E-state index contributed by atoms with van der Waals surface area (Å²) in [4.78, 5) is 20.1. The number of likely N-dealkylation sites (tertiary alicyclic amines) is 1. The fourth-order valence-electron chi connectivity index (χ4n) is 4.30. The Morgan fingerprint density at radius 2 is 2.07 bits per heavy atom. The number of pyridine rings is 1. The van der Waals surface area contributed by atoms with Gasteiger partial charge in [-0.05, 0) is 69.0 Å². The van der Waals surface area contributed by atoms with E-state index in [1.54, 1.807) is 18.2 Å². The third-order valence-electron chi connectivity index (χ3n) is 6.06. The number of amides is 1. The lowest BCUT2D eigenvalue weighted by Gasteiger charge is -2.22. The summed E-state index contributed by atoms with van der Waals surface area (Å²) in [6.07, 6.45) is 3.00. The predicted octanol–water partition coefficient (Wildman–Crippen LogP) is 3.72. The molecule has 3 heterocycles. The number of hydrogen-bond acceptors (Lipinski definition) is 5. The largest absolute Gasteiger partial charge is 0.336 e. The molecule has 1 aliphatic carbocycles. The van der Waals surface area contributed by atoms with Crippen molar-refractivity contribution in [3.63, 3.8) is 0 Å². The Morgan fingerprint density at radius 1 is 1.31 bits per heavy atom. The highest BCUT2D eigenvalue weighted by Gasteiger charge is 2.36. The summed E-state index contributed by atoms with van der Waals surface area (Å²) in [5, 5.41) is 4.95. The molecular formula is C22H23FN4O2. The number of aromatic nitrogens is 2. The van der Waals surface area contributed by atoms with E-state index < -0.39 is 0 Å². The summed E-state index contributed by atoms with van der Waals surface area (Å²) in [6, 6.07) is 7.99. The number of rotatable bonds is 4. The highest BCUT2D eigenvalue weighted by Crippen LogP contribution is 2.44. The number of nitrogens with zero attached hydrogens (tertiary/aromatic N) is 3. The molecule has 1 aromatic carbocycles. The van der Waals surface area contributed by atoms with E-state index in [9.17, 15) is 9.18 Å². The monoisotopic (exact) mass is 394 g/mol. The lowest BCUT2D eigenvalue weighted by Crippen LogP contribution is -2.34. The van der Waals surface area contributed by atoms with Crippen molar-refractivity contribution < 1.29 is 13.7 Å². The predicted molar refractivity (Wildman–Crippen MR) is 107 cm³/mol. The third kappa shape index (κ3) is 3.19. The van der Waals surface area contributed by atoms with Gasteiger partial charge in [-0.15, -0.1) is 0 Å². The molecule has 0 spiro atoms. The zero-order valence-corrected chi connectivity index (χ0v) is 16.3. The van der Waals surface area contributed by atoms with Gasteiger partial charge in [-0.1, -0.05) is 5.16 Å². The van der Waals surface area contributed by atoms with E-state index in [4.69, 9.17) is 10.3 Å². The molecule has 2 N–H and O–H groups in total. The van der Waals surface area contributed by atoms with Gasteiger partial charge in [0.25, 0.3) is 11.6 Å². The Morgan fingerprint density at radius 3 is 2.72 bits per heavy atom. The van der Waals surface area contributed by atoms with Crippen molar-refractivity contribution in [1.82, 2.24) is 15.0 Å². The van der Waals surface area contributed by atoms with Crippen LogP contribution < -0.4 is 5.73 Å². The Bertz CT molecular complexity index is 1070. The van der Waals surface area contributed by atoms with E-state index in [2.05, 4.69) is 17.1 Å². The standard InChI is InChI=1S/C22H23FN4O2/c1-12-8-13(10-24)11-27(12)22(28)17-9-18(14-4-6-16(23)7-5-14)25-21-19(17)20(26-29-21)15-2-3-15/h4-7,9,12-13,15H,2-3,8,10-11,24H2,1H3. The van der Waals surface area contributed by atoms with E-state index in [1.165, 1.54) is 12.1 Å². The molecule has 3 aromatic rings. The van der Waals surface area contributed by atoms with Crippen LogP contribution in [-0.2, 0) is 0 Å². The van der Waals surface area contributed by atoms with Gasteiger partial charge < -0.3 is 15.2 Å². The van der Waals surface area contributed by atoms with Crippen LogP contribution in [0, 0.1) is 11.7 Å². The van der Waals surface area contributed by atoms with E-state index in [0.717, 1.165) is 30.5 Å². The fourth-order valence-corrected chi connectivity index (χ4v) is 4.30. The first-order chi connectivity index (χ1) is 14.0. The molecule has 7 heteroatoms. The van der Waals surface area contributed by atoms with Gasteiger partial charge in [0, 0.05) is 24.1 Å². The van der Waals surface area contributed by atoms with Crippen molar-refractivity contribution in [1.29, 1.82) is 0 Å². The topological polar surface area (TPSA) is 85.2 Å². The van der Waals surface area contributed by atoms with Crippen LogP contribution in [0.15, 0.2) is 34.9 Å². The lowest BCUT2D eigenvalue weighted by molar-refractivity contribution is 0.0745. The lowest BCUT2D eigenvalue weighted by atomic mass is 10.0. The number of nitrogens with two attached hydrogens (primary N) is 1. The van der Waals surface area contributed by atoms with Gasteiger partial charge in [-0.3, -0.25) is 4.79 Å². The molecule has 1 aliphatic heterocycles. The quantitative estimate of drug-likeness (QED) is 0.729. The van der Waals surface area contributed by atoms with Crippen LogP contribution in [0.25, 0.3) is 22.4 Å². The van der Waals surface area contributed by atoms with Crippen molar-refractivity contribution in [2.45, 2.75) is 38.1 Å². The summed E-state index contributed by atoms with van der Waals surface area (Å²) in [5.74, 6) is 0.275. The maximum atomic E-state index is 13.6. The van der Waals surface area contributed by atoms with Gasteiger partial charge in [-0.2, -0.15) is 0 Å². The van der Waals surface area contributed by atoms with E-state index in [-0.39, 0.29) is 17.8 Å². The van der Waals surface area contributed by atoms with Crippen molar-refractivity contribution in [2.24, 2.45) is 11.7 Å². The Hall–Kier alpha value is -2.80. The summed E-state index contributed by atoms with van der Waals surface area (Å²) in [5.41, 5.74) is 8.89. The molecule has 2 fully saturated rings. The molecule has 2 unspecified atom stereocenters. The number of benzene rings is 1. The van der Waals surface area contributed by atoms with Crippen LogP contribution >= 0.6 is 0 Å². The van der Waals surface area contributed by atoms with Gasteiger partial charge in [0.1, 0.15) is 5.82 Å². The second-order valence-electron chi connectivity index (χ2n) is 8.23. The molecule has 2 aliphatic rings. The zero-order valence-electron chi connectivity index (χ0n) is 16.3. The molecule has 5 rings (SSSR count). The maximum absolute atomic E-state index is 13.6. The molecule has 2 aromatic heterocycles. The second-order valence-corrected chi connectivity index (χ2v) is 8.23. The number of halogens is 1. The molecule has 1 saturated carbocycles. The smallest absolute Gasteiger partial charge is 0.259 e. The number of carbonyl (C=O) groups is 1. The molecule has 0 bridgehead atoms. The first-order valence-electron chi connectivity index (χ1n) is 10.1. The molecule has 6 nitrogen and oxygen atoms in total. The van der Waals surface area contributed by atoms with Crippen LogP contribution in [0.1, 0.15) is 48.2 Å². The van der Waals surface area contributed by atoms with E-state index >= 15 is 0 Å². The molecule has 2 atom stereocenters. The fraction of sp³-hybridized carbons (Fsp3) is 0.409. The minimum atomic E-state index is -0.319. The molecule has 150 valence electrons. The first kappa shape index (κ1) is 18.2. The Kier molecular flexibility index (Phi) is 4.35. The summed E-state index contributed by atoms with van der Waals surface area (Å²) in [7, 11) is 0. The van der Waals surface area contributed by atoms with E-state index in [0.29, 0.717) is 47.3 Å². The van der Waals surface area contributed by atoms with Crippen LogP contribution in [0.3, 0.4) is 0 Å². The van der Waals surface area contributed by atoms with Gasteiger partial charge in [0.2, 0.25) is 0 Å². The van der Waals surface area contributed by atoms with Crippen molar-refractivity contribution >= 4 is 17.0 Å². The zero-order chi connectivity index (χ0) is 20.1. The first-order valence-corrected chi connectivity index (χ1v) is 10.1. The molecule has 1 saturated heterocycles. The third-order valence-corrected chi connectivity index (χ3v) is 6.06. The maximum Gasteiger partial charge on any atom is 0.259 e. The van der Waals surface area contributed by atoms with Gasteiger partial charge >= 0.3 is 0 Å². The summed E-state index contributed by atoms with van der Waals surface area (Å²) < 4.78 is 18.9. The van der Waals surface area contributed by atoms with Gasteiger partial charge in [0.05, 0.1) is 22.3 Å². The highest BCUT2D eigenvalue weighted by molar-refractivity contribution is 6.07. The Balaban J connectivity index is 1.64. The number of fused-ring (bicyclic) bond motifs is 1. The minimum Gasteiger partial charge on any atom is -0.336 e. The van der Waals surface area contributed by atoms with Crippen LogP contribution in [0.4, 0.5) is 4.39 Å². The summed E-state index contributed by atoms with van der Waals surface area (Å²) in [6.45, 7) is 3.28. The van der Waals surface area contributed by atoms with Crippen LogP contribution in [-0.4, -0.2) is 40.1 Å². The normalized spacial score (nSPS) is 21.8. The highest BCUT2D eigenvalue weighted by atomic mass is 19.1. The van der Waals surface area contributed by atoms with Crippen LogP contribution in [0.5, 0.6) is 0 Å². The average Bonchev–Trinajstić information content (AvgIpc) is 3.37. The molecule has 0 radical (unpaired) electrons. The summed E-state index contributed by atoms with van der Waals surface area (Å²) >= 11 is 0. The Labute approximate surface area is 167 Å². The average molecular weight is 394 g/mol. The molecule has 1 amide bonds. The number of carbonyl (C=O) groups excluding carboxylic acids is 1. The van der Waals surface area contributed by atoms with Gasteiger partial charge in [-0.25, -0.2) is 9.37 Å². The van der Waals surface area contributed by atoms with Crippen molar-refractivity contribution in [2.75, 3.05) is 13.1 Å². The molecule has 29 heavy (non-hydrogen) atoms. The minimum absolute atomic E-state index is 0.0469. The van der Waals surface area contributed by atoms with Crippen LogP contribution in [0.2, 0.25) is 0 Å². The second kappa shape index (κ2) is 6.91.